The Labute approximate surface area is 249 Å². The van der Waals surface area contributed by atoms with Crippen LogP contribution in [0.25, 0.3) is 16.9 Å². The Morgan fingerprint density at radius 1 is 0.881 bits per heavy atom. The minimum atomic E-state index is -3.89. The molecule has 5 rings (SSSR count). The van der Waals surface area contributed by atoms with Crippen LogP contribution >= 0.6 is 7.94 Å². The average Bonchev–Trinajstić information content (AvgIpc) is 3.28. The third kappa shape index (κ3) is 5.62. The zero-order valence-corrected chi connectivity index (χ0v) is 27.3. The number of aryl methyl sites for hydroxylation is 2. The molecule has 8 nitrogen and oxygen atoms in total. The van der Waals surface area contributed by atoms with Crippen LogP contribution in [0.15, 0.2) is 42.5 Å². The SMILES string of the molecule is CC(C)=C(C[P+]1([O-])Oc2c(cc(C)cc2C(C)(C)C)Cc2cc(C)cc(C(C)(C)C)c2O1)n1cnc2c(N)ncnc21. The number of allylic oxidation sites excluding steroid dienone is 2. The van der Waals surface area contributed by atoms with Crippen molar-refractivity contribution in [1.82, 2.24) is 19.5 Å². The molecular weight excluding hydrogens is 545 g/mol. The molecule has 0 unspecified atom stereocenters. The number of aromatic nitrogens is 4. The lowest BCUT2D eigenvalue weighted by atomic mass is 9.81. The van der Waals surface area contributed by atoms with Crippen LogP contribution in [-0.2, 0) is 17.3 Å². The van der Waals surface area contributed by atoms with Crippen LogP contribution in [0.2, 0.25) is 0 Å². The predicted octanol–water partition coefficient (Wildman–Crippen LogP) is 7.06. The number of imidazole rings is 1. The molecule has 2 N–H and O–H groups in total. The highest BCUT2D eigenvalue weighted by Crippen LogP contribution is 2.60. The van der Waals surface area contributed by atoms with E-state index in [1.165, 1.54) is 6.33 Å². The highest BCUT2D eigenvalue weighted by Gasteiger charge is 2.43. The van der Waals surface area contributed by atoms with Crippen LogP contribution in [0, 0.1) is 13.8 Å². The van der Waals surface area contributed by atoms with Crippen molar-refractivity contribution in [3.8, 4) is 11.5 Å². The Balaban J connectivity index is 1.76. The van der Waals surface area contributed by atoms with Gasteiger partial charge in [0.2, 0.25) is 0 Å². The van der Waals surface area contributed by atoms with Gasteiger partial charge in [0.05, 0.1) is 5.70 Å². The molecule has 4 aromatic rings. The van der Waals surface area contributed by atoms with E-state index in [2.05, 4.69) is 94.6 Å². The van der Waals surface area contributed by atoms with Crippen molar-refractivity contribution < 1.29 is 13.9 Å². The van der Waals surface area contributed by atoms with E-state index in [0.717, 1.165) is 44.7 Å². The second kappa shape index (κ2) is 10.4. The molecule has 0 atom stereocenters. The van der Waals surface area contributed by atoms with E-state index in [9.17, 15) is 0 Å². The van der Waals surface area contributed by atoms with Crippen molar-refractivity contribution in [3.63, 3.8) is 0 Å². The van der Waals surface area contributed by atoms with Gasteiger partial charge < -0.3 is 19.7 Å². The second-order valence-corrected chi connectivity index (χ2v) is 15.6. The van der Waals surface area contributed by atoms with Crippen LogP contribution < -0.4 is 19.7 Å². The van der Waals surface area contributed by atoms with Crippen molar-refractivity contribution in [1.29, 1.82) is 0 Å². The summed E-state index contributed by atoms with van der Waals surface area (Å²) in [4.78, 5) is 28.3. The highest BCUT2D eigenvalue weighted by molar-refractivity contribution is 7.60. The second-order valence-electron chi connectivity index (χ2n) is 13.7. The van der Waals surface area contributed by atoms with Gasteiger partial charge in [-0.15, -0.1) is 0 Å². The third-order valence-corrected chi connectivity index (χ3v) is 9.26. The highest BCUT2D eigenvalue weighted by atomic mass is 31.2. The molecule has 1 aliphatic heterocycles. The normalized spacial score (nSPS) is 14.7. The number of hydrogen-bond acceptors (Lipinski definition) is 7. The number of benzene rings is 2. The standard InChI is InChI=1S/C33H42N5O3P/c1-19(2)26(38-18-37-27-30(34)35-17-36-31(27)38)16-42(39)40-28-22(11-20(3)13-24(28)32(5,6)7)15-23-12-21(4)14-25(29(23)41-42)33(8,9)10/h11-14,17-18H,15-16H2,1-10H3,(H2,34,35,36). The first-order valence-electron chi connectivity index (χ1n) is 14.3. The maximum atomic E-state index is 15.3. The lowest BCUT2D eigenvalue weighted by molar-refractivity contribution is -0.202. The summed E-state index contributed by atoms with van der Waals surface area (Å²) in [5.74, 6) is 1.56. The molecule has 0 saturated carbocycles. The largest absolute Gasteiger partial charge is 0.616 e. The minimum Gasteiger partial charge on any atom is -0.616 e. The Kier molecular flexibility index (Phi) is 7.39. The summed E-state index contributed by atoms with van der Waals surface area (Å²) in [6, 6.07) is 8.56. The lowest BCUT2D eigenvalue weighted by Crippen LogP contribution is -2.30. The van der Waals surface area contributed by atoms with Gasteiger partial charge in [0.15, 0.2) is 34.6 Å². The molecule has 0 fully saturated rings. The van der Waals surface area contributed by atoms with Crippen LogP contribution in [0.4, 0.5) is 5.82 Å². The van der Waals surface area contributed by atoms with Crippen molar-refractivity contribution in [2.45, 2.75) is 86.5 Å². The number of nitrogens with zero attached hydrogens (tertiary/aromatic N) is 4. The summed E-state index contributed by atoms with van der Waals surface area (Å²) >= 11 is 0. The van der Waals surface area contributed by atoms with E-state index in [1.54, 1.807) is 6.33 Å². The van der Waals surface area contributed by atoms with Gasteiger partial charge in [-0.25, -0.2) is 15.0 Å². The number of rotatable bonds is 3. The fourth-order valence-electron chi connectivity index (χ4n) is 5.56. The van der Waals surface area contributed by atoms with Crippen LogP contribution in [-0.4, -0.2) is 25.7 Å². The summed E-state index contributed by atoms with van der Waals surface area (Å²) in [6.07, 6.45) is 3.66. The lowest BCUT2D eigenvalue weighted by Gasteiger charge is -2.36. The smallest absolute Gasteiger partial charge is 0.338 e. The Hall–Kier alpha value is -3.48. The van der Waals surface area contributed by atoms with E-state index in [4.69, 9.17) is 14.8 Å². The van der Waals surface area contributed by atoms with Crippen LogP contribution in [0.5, 0.6) is 11.5 Å². The number of anilines is 1. The van der Waals surface area contributed by atoms with E-state index in [-0.39, 0.29) is 22.8 Å². The van der Waals surface area contributed by atoms with Gasteiger partial charge in [-0.3, -0.25) is 4.57 Å². The van der Waals surface area contributed by atoms with E-state index in [1.807, 2.05) is 18.4 Å². The molecule has 1 aliphatic rings. The minimum absolute atomic E-state index is 0.00149. The summed E-state index contributed by atoms with van der Waals surface area (Å²) < 4.78 is 15.2. The first kappa shape index (κ1) is 30.0. The molecule has 222 valence electrons. The summed E-state index contributed by atoms with van der Waals surface area (Å²) in [5.41, 5.74) is 14.5. The van der Waals surface area contributed by atoms with Crippen molar-refractivity contribution in [2.75, 3.05) is 11.9 Å². The first-order valence-corrected chi connectivity index (χ1v) is 16.1. The molecule has 0 saturated heterocycles. The van der Waals surface area contributed by atoms with Crippen molar-refractivity contribution in [2.24, 2.45) is 0 Å². The van der Waals surface area contributed by atoms with Gasteiger partial charge in [0, 0.05) is 28.7 Å². The number of nitrogens with two attached hydrogens (primary N) is 1. The van der Waals surface area contributed by atoms with Gasteiger partial charge in [0.25, 0.3) is 0 Å². The molecule has 0 radical (unpaired) electrons. The molecule has 9 heteroatoms. The first-order chi connectivity index (χ1) is 19.5. The van der Waals surface area contributed by atoms with Crippen molar-refractivity contribution >= 4 is 30.6 Å². The molecule has 2 aromatic carbocycles. The zero-order valence-electron chi connectivity index (χ0n) is 26.4. The fourth-order valence-corrected chi connectivity index (χ4v) is 7.55. The van der Waals surface area contributed by atoms with Crippen molar-refractivity contribution in [3.05, 3.63) is 75.9 Å². The molecule has 0 amide bonds. The molecule has 0 bridgehead atoms. The topological polar surface area (TPSA) is 111 Å². The molecule has 3 heterocycles. The maximum absolute atomic E-state index is 15.3. The van der Waals surface area contributed by atoms with Gasteiger partial charge >= 0.3 is 7.94 Å². The predicted molar refractivity (Wildman–Crippen MR) is 170 cm³/mol. The van der Waals surface area contributed by atoms with Gasteiger partial charge in [-0.05, 0) is 38.5 Å². The summed E-state index contributed by atoms with van der Waals surface area (Å²) in [5, 5.41) is 0. The third-order valence-electron chi connectivity index (χ3n) is 7.65. The van der Waals surface area contributed by atoms with E-state index in [0.29, 0.717) is 29.1 Å². The Morgan fingerprint density at radius 2 is 1.40 bits per heavy atom. The molecule has 2 aromatic heterocycles. The van der Waals surface area contributed by atoms with Crippen LogP contribution in [0.1, 0.15) is 88.8 Å². The monoisotopic (exact) mass is 587 g/mol. The molecule has 0 aliphatic carbocycles. The Morgan fingerprint density at radius 3 is 1.88 bits per heavy atom. The quantitative estimate of drug-likeness (QED) is 0.256. The van der Waals surface area contributed by atoms with Crippen LogP contribution in [0.3, 0.4) is 0 Å². The van der Waals surface area contributed by atoms with E-state index < -0.39 is 7.94 Å². The Bertz CT molecular complexity index is 1650. The zero-order chi connectivity index (χ0) is 30.8. The number of fused-ring (bicyclic) bond motifs is 3. The van der Waals surface area contributed by atoms with Gasteiger partial charge in [-0.2, -0.15) is 0 Å². The molecule has 0 spiro atoms. The van der Waals surface area contributed by atoms with E-state index >= 15 is 4.89 Å². The average molecular weight is 588 g/mol. The molecular formula is C33H42N5O3P. The fraction of sp³-hybridized carbons (Fsp3) is 0.424. The molecule has 42 heavy (non-hydrogen) atoms. The maximum Gasteiger partial charge on any atom is 0.338 e. The van der Waals surface area contributed by atoms with Gasteiger partial charge in [-0.1, -0.05) is 82.5 Å². The number of hydrogen-bond donors (Lipinski definition) is 1. The number of nitrogen functional groups attached to an aromatic ring is 1. The van der Waals surface area contributed by atoms with Gasteiger partial charge in [0.1, 0.15) is 12.7 Å². The summed E-state index contributed by atoms with van der Waals surface area (Å²) in [6.45, 7) is 21.0. The summed E-state index contributed by atoms with van der Waals surface area (Å²) in [7, 11) is -3.89.